The van der Waals surface area contributed by atoms with E-state index in [4.69, 9.17) is 11.6 Å². The standard InChI is InChI=1S/C22H22ClN5O3S/c23-15-5-7-16(8-6-15)32(30,31)28-10-2-9-27(11-12-28)14-20-25-18-4-1-3-17-19(29)13-24-22(26-20)21(17)18/h1,3-8H,2,9-14H2,(H,24,25,26). The minimum atomic E-state index is -3.57. The van der Waals surface area contributed by atoms with Crippen molar-refractivity contribution < 1.29 is 13.2 Å². The summed E-state index contributed by atoms with van der Waals surface area (Å²) in [6, 6.07) is 11.8. The molecule has 3 aromatic rings. The van der Waals surface area contributed by atoms with Crippen molar-refractivity contribution in [3.63, 3.8) is 0 Å². The summed E-state index contributed by atoms with van der Waals surface area (Å²) in [7, 11) is -3.57. The van der Waals surface area contributed by atoms with Gasteiger partial charge in [-0.05, 0) is 43.3 Å². The number of carbonyl (C=O) groups excluding carboxylic acids is 1. The van der Waals surface area contributed by atoms with Gasteiger partial charge in [-0.15, -0.1) is 0 Å². The van der Waals surface area contributed by atoms with Gasteiger partial charge in [-0.2, -0.15) is 4.31 Å². The number of hydrogen-bond donors (Lipinski definition) is 1. The molecule has 1 aromatic heterocycles. The van der Waals surface area contributed by atoms with E-state index in [2.05, 4.69) is 20.2 Å². The number of nitrogens with zero attached hydrogens (tertiary/aromatic N) is 4. The monoisotopic (exact) mass is 471 g/mol. The lowest BCUT2D eigenvalue weighted by molar-refractivity contribution is 0.101. The number of nitrogens with one attached hydrogen (secondary N) is 1. The normalized spacial score (nSPS) is 17.8. The Bertz CT molecular complexity index is 1300. The fourth-order valence-corrected chi connectivity index (χ4v) is 5.82. The molecule has 5 rings (SSSR count). The van der Waals surface area contributed by atoms with Gasteiger partial charge in [-0.1, -0.05) is 23.7 Å². The Labute approximate surface area is 191 Å². The van der Waals surface area contributed by atoms with Crippen molar-refractivity contribution in [2.75, 3.05) is 38.0 Å². The number of aromatic nitrogens is 2. The molecule has 0 atom stereocenters. The second kappa shape index (κ2) is 8.40. The van der Waals surface area contributed by atoms with Crippen molar-refractivity contribution in [3.05, 3.63) is 58.9 Å². The van der Waals surface area contributed by atoms with Crippen molar-refractivity contribution in [3.8, 4) is 0 Å². The van der Waals surface area contributed by atoms with Crippen LogP contribution in [0.1, 0.15) is 22.6 Å². The number of hydrogen-bond acceptors (Lipinski definition) is 7. The quantitative estimate of drug-likeness (QED) is 0.625. The van der Waals surface area contributed by atoms with E-state index in [-0.39, 0.29) is 17.2 Å². The second-order valence-corrected chi connectivity index (χ2v) is 10.3. The van der Waals surface area contributed by atoms with Gasteiger partial charge in [0.1, 0.15) is 11.6 Å². The predicted molar refractivity (Wildman–Crippen MR) is 122 cm³/mol. The minimum Gasteiger partial charge on any atom is -0.362 e. The van der Waals surface area contributed by atoms with Gasteiger partial charge in [-0.25, -0.2) is 18.4 Å². The fourth-order valence-electron chi connectivity index (χ4n) is 4.22. The lowest BCUT2D eigenvalue weighted by Gasteiger charge is -2.22. The molecule has 0 saturated carbocycles. The number of rotatable bonds is 4. The molecule has 0 radical (unpaired) electrons. The average Bonchev–Trinajstić information content (AvgIpc) is 3.02. The van der Waals surface area contributed by atoms with E-state index in [9.17, 15) is 13.2 Å². The maximum Gasteiger partial charge on any atom is 0.243 e. The average molecular weight is 472 g/mol. The number of sulfonamides is 1. The molecule has 2 aliphatic rings. The van der Waals surface area contributed by atoms with E-state index in [0.717, 1.165) is 17.4 Å². The first kappa shape index (κ1) is 21.3. The number of halogens is 1. The van der Waals surface area contributed by atoms with E-state index in [1.54, 1.807) is 24.3 Å². The molecule has 3 heterocycles. The summed E-state index contributed by atoms with van der Waals surface area (Å²) in [5.41, 5.74) is 1.39. The van der Waals surface area contributed by atoms with E-state index >= 15 is 0 Å². The Balaban J connectivity index is 1.33. The maximum absolute atomic E-state index is 13.0. The Morgan fingerprint density at radius 1 is 1.00 bits per heavy atom. The predicted octanol–water partition coefficient (Wildman–Crippen LogP) is 2.79. The molecule has 0 unspecified atom stereocenters. The van der Waals surface area contributed by atoms with Crippen LogP contribution in [0.25, 0.3) is 10.9 Å². The molecule has 0 bridgehead atoms. The summed E-state index contributed by atoms with van der Waals surface area (Å²) >= 11 is 5.90. The van der Waals surface area contributed by atoms with Crippen LogP contribution in [-0.2, 0) is 16.6 Å². The van der Waals surface area contributed by atoms with Gasteiger partial charge in [0, 0.05) is 30.2 Å². The molecule has 1 N–H and O–H groups in total. The van der Waals surface area contributed by atoms with Crippen molar-refractivity contribution in [2.24, 2.45) is 0 Å². The third kappa shape index (κ3) is 3.97. The lowest BCUT2D eigenvalue weighted by Crippen LogP contribution is -2.35. The number of Topliss-reactive ketones (excluding diaryl/α,β-unsaturated/α-hetero) is 1. The third-order valence-electron chi connectivity index (χ3n) is 5.85. The van der Waals surface area contributed by atoms with Crippen LogP contribution in [0.4, 0.5) is 5.82 Å². The van der Waals surface area contributed by atoms with Crippen LogP contribution in [0.15, 0.2) is 47.4 Å². The van der Waals surface area contributed by atoms with Gasteiger partial charge < -0.3 is 5.32 Å². The van der Waals surface area contributed by atoms with Gasteiger partial charge in [0.25, 0.3) is 0 Å². The van der Waals surface area contributed by atoms with Crippen LogP contribution in [0.5, 0.6) is 0 Å². The first-order valence-corrected chi connectivity index (χ1v) is 12.3. The van der Waals surface area contributed by atoms with E-state index in [1.165, 1.54) is 4.31 Å². The van der Waals surface area contributed by atoms with Gasteiger partial charge in [0.15, 0.2) is 5.78 Å². The number of benzene rings is 2. The fraction of sp³-hybridized carbons (Fsp3) is 0.318. The van der Waals surface area contributed by atoms with Crippen LogP contribution in [0, 0.1) is 0 Å². The van der Waals surface area contributed by atoms with Crippen molar-refractivity contribution >= 4 is 44.1 Å². The minimum absolute atomic E-state index is 0.0361. The highest BCUT2D eigenvalue weighted by atomic mass is 35.5. The number of ketones is 1. The summed E-state index contributed by atoms with van der Waals surface area (Å²) in [6.45, 7) is 2.91. The summed E-state index contributed by atoms with van der Waals surface area (Å²) < 4.78 is 27.6. The zero-order chi connectivity index (χ0) is 22.3. The van der Waals surface area contributed by atoms with Gasteiger partial charge >= 0.3 is 0 Å². The molecular formula is C22H22ClN5O3S. The Hall–Kier alpha value is -2.59. The Kier molecular flexibility index (Phi) is 5.58. The lowest BCUT2D eigenvalue weighted by atomic mass is 10.0. The largest absolute Gasteiger partial charge is 0.362 e. The van der Waals surface area contributed by atoms with E-state index < -0.39 is 10.0 Å². The van der Waals surface area contributed by atoms with Crippen LogP contribution in [-0.4, -0.2) is 66.1 Å². The van der Waals surface area contributed by atoms with Crippen LogP contribution in [0.2, 0.25) is 5.02 Å². The van der Waals surface area contributed by atoms with Gasteiger partial charge in [0.05, 0.1) is 28.9 Å². The molecule has 10 heteroatoms. The summed E-state index contributed by atoms with van der Waals surface area (Å²) in [5, 5.41) is 4.37. The molecule has 1 saturated heterocycles. The van der Waals surface area contributed by atoms with Crippen LogP contribution < -0.4 is 5.32 Å². The summed E-state index contributed by atoms with van der Waals surface area (Å²) in [5.74, 6) is 1.37. The zero-order valence-corrected chi connectivity index (χ0v) is 18.9. The summed E-state index contributed by atoms with van der Waals surface area (Å²) in [4.78, 5) is 23.9. The molecule has 0 aliphatic carbocycles. The number of anilines is 1. The van der Waals surface area contributed by atoms with Gasteiger partial charge in [-0.3, -0.25) is 9.69 Å². The molecule has 8 nitrogen and oxygen atoms in total. The topological polar surface area (TPSA) is 95.5 Å². The molecule has 166 valence electrons. The molecule has 2 aliphatic heterocycles. The first-order chi connectivity index (χ1) is 15.4. The molecule has 32 heavy (non-hydrogen) atoms. The SMILES string of the molecule is O=C1CNc2nc(CN3CCCN(S(=O)(=O)c4ccc(Cl)cc4)CC3)nc3cccc1c23. The van der Waals surface area contributed by atoms with Gasteiger partial charge in [0.2, 0.25) is 10.0 Å². The van der Waals surface area contributed by atoms with Crippen molar-refractivity contribution in [1.82, 2.24) is 19.2 Å². The molecular weight excluding hydrogens is 450 g/mol. The summed E-state index contributed by atoms with van der Waals surface area (Å²) in [6.07, 6.45) is 0.712. The maximum atomic E-state index is 13.0. The smallest absolute Gasteiger partial charge is 0.243 e. The molecule has 0 spiro atoms. The first-order valence-electron chi connectivity index (χ1n) is 10.5. The molecule has 2 aromatic carbocycles. The van der Waals surface area contributed by atoms with Crippen LogP contribution in [0.3, 0.4) is 0 Å². The van der Waals surface area contributed by atoms with E-state index in [0.29, 0.717) is 54.8 Å². The highest BCUT2D eigenvalue weighted by Gasteiger charge is 2.27. The second-order valence-electron chi connectivity index (χ2n) is 7.95. The van der Waals surface area contributed by atoms with Crippen LogP contribution >= 0.6 is 11.6 Å². The zero-order valence-electron chi connectivity index (χ0n) is 17.3. The molecule has 0 amide bonds. The third-order valence-corrected chi connectivity index (χ3v) is 8.02. The Morgan fingerprint density at radius 3 is 2.62 bits per heavy atom. The van der Waals surface area contributed by atoms with E-state index in [1.807, 2.05) is 18.2 Å². The molecule has 1 fully saturated rings. The van der Waals surface area contributed by atoms with Crippen molar-refractivity contribution in [1.29, 1.82) is 0 Å². The van der Waals surface area contributed by atoms with Crippen molar-refractivity contribution in [2.45, 2.75) is 17.9 Å². The Morgan fingerprint density at radius 2 is 1.81 bits per heavy atom. The highest BCUT2D eigenvalue weighted by Crippen LogP contribution is 2.28. The highest BCUT2D eigenvalue weighted by molar-refractivity contribution is 7.89. The number of carbonyl (C=O) groups is 1.